The number of hydrogen-bond acceptors (Lipinski definition) is 13. The molecule has 0 bridgehead atoms. The summed E-state index contributed by atoms with van der Waals surface area (Å²) in [6.07, 6.45) is 11.1. The first-order valence-electron chi connectivity index (χ1n) is 15.1. The number of aliphatic hydroxyl groups is 3. The number of aliphatic hydroxyl groups excluding tert-OH is 2. The van der Waals surface area contributed by atoms with Gasteiger partial charge in [-0.25, -0.2) is 0 Å². The molecule has 0 saturated carbocycles. The zero-order valence-corrected chi connectivity index (χ0v) is 27.0. The summed E-state index contributed by atoms with van der Waals surface area (Å²) >= 11 is 0. The predicted molar refractivity (Wildman–Crippen MR) is 171 cm³/mol. The number of rotatable bonds is 4. The maximum Gasteiger partial charge on any atom is 0.202 e. The van der Waals surface area contributed by atoms with Crippen LogP contribution in [0.5, 0.6) is 17.2 Å². The van der Waals surface area contributed by atoms with Crippen molar-refractivity contribution in [2.75, 3.05) is 60.8 Å². The van der Waals surface area contributed by atoms with E-state index in [0.717, 1.165) is 46.4 Å². The summed E-state index contributed by atoms with van der Waals surface area (Å²) in [5.74, 6) is -2.99. The Labute approximate surface area is 274 Å². The number of nitrogens with one attached hydrogen (secondary N) is 1. The maximum atomic E-state index is 13.1. The van der Waals surface area contributed by atoms with Gasteiger partial charge in [-0.2, -0.15) is 0 Å². The van der Waals surface area contributed by atoms with Gasteiger partial charge in [0.15, 0.2) is 17.9 Å². The molecule has 2 saturated heterocycles. The summed E-state index contributed by atoms with van der Waals surface area (Å²) in [5.41, 5.74) is -2.38. The number of carbonyl (C=O) groups excluding carboxylic acids is 3. The van der Waals surface area contributed by atoms with Gasteiger partial charge in [0.2, 0.25) is 5.78 Å². The summed E-state index contributed by atoms with van der Waals surface area (Å²) < 4.78 is 20.4. The molecule has 4 aliphatic rings. The molecule has 2 aromatic rings. The number of ether oxygens (including phenoxy) is 4. The second-order valence-corrected chi connectivity index (χ2v) is 10.6. The highest BCUT2D eigenvalue weighted by atomic mass is 16.7. The number of fused-ring (bicyclic) bond motifs is 3. The first kappa shape index (κ1) is 39.3. The Morgan fingerprint density at radius 3 is 2.11 bits per heavy atom. The van der Waals surface area contributed by atoms with Crippen molar-refractivity contribution in [2.45, 2.75) is 50.4 Å². The number of phenolic OH excluding ortho intramolecular Hbond substituents is 2. The van der Waals surface area contributed by atoms with Crippen molar-refractivity contribution in [1.82, 2.24) is 5.32 Å². The van der Waals surface area contributed by atoms with Gasteiger partial charge in [-0.1, -0.05) is 12.1 Å². The Kier molecular flexibility index (Phi) is 16.0. The highest BCUT2D eigenvalue weighted by Crippen LogP contribution is 2.48. The minimum Gasteiger partial charge on any atom is -0.507 e. The van der Waals surface area contributed by atoms with Crippen LogP contribution in [-0.2, 0) is 31.8 Å². The largest absolute Gasteiger partial charge is 0.507 e. The van der Waals surface area contributed by atoms with Gasteiger partial charge in [0.05, 0.1) is 37.0 Å². The number of terminal acetylenes is 1. The number of hydrogen-bond donors (Lipinski definition) is 6. The molecule has 0 spiro atoms. The van der Waals surface area contributed by atoms with Crippen LogP contribution in [0.3, 0.4) is 0 Å². The monoisotopic (exact) mass is 659 g/mol. The number of benzene rings is 2. The third kappa shape index (κ3) is 8.94. The van der Waals surface area contributed by atoms with E-state index < -0.39 is 41.1 Å². The van der Waals surface area contributed by atoms with E-state index in [1.54, 1.807) is 7.11 Å². The lowest BCUT2D eigenvalue weighted by molar-refractivity contribution is -0.145. The van der Waals surface area contributed by atoms with Crippen molar-refractivity contribution in [3.8, 4) is 30.1 Å². The fourth-order valence-corrected chi connectivity index (χ4v) is 5.62. The number of aromatic hydroxyl groups is 2. The van der Waals surface area contributed by atoms with Crippen LogP contribution in [-0.4, -0.2) is 116 Å². The van der Waals surface area contributed by atoms with Gasteiger partial charge < -0.3 is 49.8 Å². The third-order valence-corrected chi connectivity index (χ3v) is 8.00. The average molecular weight is 660 g/mol. The summed E-state index contributed by atoms with van der Waals surface area (Å²) in [6.45, 7) is 3.83. The van der Waals surface area contributed by atoms with Crippen molar-refractivity contribution in [2.24, 2.45) is 0 Å². The quantitative estimate of drug-likeness (QED) is 0.173. The van der Waals surface area contributed by atoms with Gasteiger partial charge in [0.25, 0.3) is 0 Å². The molecule has 0 unspecified atom stereocenters. The number of methoxy groups -OCH3 is 2. The van der Waals surface area contributed by atoms with E-state index in [4.69, 9.17) is 29.2 Å². The minimum absolute atomic E-state index is 0.00456. The molecule has 258 valence electrons. The minimum atomic E-state index is -1.93. The van der Waals surface area contributed by atoms with E-state index in [0.29, 0.717) is 0 Å². The number of Topliss-reactive ketones (excluding diaryl/α,β-unsaturated/α-hetero) is 1. The molecule has 2 aliphatic heterocycles. The fraction of sp³-hybridized carbons (Fsp3) is 0.500. The molecule has 2 heterocycles. The molecule has 0 aromatic heterocycles. The molecular weight excluding hydrogens is 614 g/mol. The molecule has 0 radical (unpaired) electrons. The summed E-state index contributed by atoms with van der Waals surface area (Å²) in [4.78, 5) is 38.2. The molecule has 13 nitrogen and oxygen atoms in total. The Bertz CT molecular complexity index is 1380. The van der Waals surface area contributed by atoms with Crippen LogP contribution in [0, 0.1) is 12.8 Å². The Hall–Kier alpha value is -3.87. The van der Waals surface area contributed by atoms with Gasteiger partial charge in [0.1, 0.15) is 29.5 Å². The molecule has 13 heteroatoms. The number of ketones is 3. The van der Waals surface area contributed by atoms with Crippen molar-refractivity contribution in [3.05, 3.63) is 51.6 Å². The Morgan fingerprint density at radius 2 is 1.62 bits per heavy atom. The Balaban J connectivity index is 0.000000348. The van der Waals surface area contributed by atoms with E-state index in [1.807, 2.05) is 0 Å². The van der Waals surface area contributed by atoms with E-state index in [1.165, 1.54) is 38.2 Å². The van der Waals surface area contributed by atoms with Crippen molar-refractivity contribution in [3.63, 3.8) is 0 Å². The topological polar surface area (TPSA) is 201 Å². The lowest BCUT2D eigenvalue weighted by Gasteiger charge is -2.34. The Morgan fingerprint density at radius 1 is 0.979 bits per heavy atom. The number of morpholine rings is 1. The highest BCUT2D eigenvalue weighted by molar-refractivity contribution is 6.31. The van der Waals surface area contributed by atoms with Crippen LogP contribution in [0.1, 0.15) is 68.7 Å². The van der Waals surface area contributed by atoms with Crippen LogP contribution in [0.2, 0.25) is 0 Å². The standard InChI is InChI=1S/C21H18O8.C6H12O2.C4H9NO.C2H2.CH4O/c1-29-12-4-2-3-10-14(12)20(27)16-15(18(10)25)19(26)11-7-21(28,13(23)8-22)6-5-9(11)17(16)24;1-7-6-4-2-3-5-8-6;1-3-6-4-2-5-1;2*1-2/h2-4,22,24,26,28H,5-8H2,1H3;6H,2-5H2,1H3;5H,1-4H2;1-2H;2H,1H3/t21-;6-;;;/m11.../s1. The van der Waals surface area contributed by atoms with Crippen molar-refractivity contribution < 1.29 is 58.9 Å². The normalized spacial score (nSPS) is 20.7. The van der Waals surface area contributed by atoms with E-state index in [2.05, 4.69) is 18.2 Å². The molecule has 47 heavy (non-hydrogen) atoms. The van der Waals surface area contributed by atoms with Crippen LogP contribution in [0.15, 0.2) is 18.2 Å². The highest BCUT2D eigenvalue weighted by Gasteiger charge is 2.45. The first-order valence-corrected chi connectivity index (χ1v) is 15.1. The van der Waals surface area contributed by atoms with Gasteiger partial charge in [-0.15, -0.1) is 12.8 Å². The lowest BCUT2D eigenvalue weighted by Crippen LogP contribution is -2.45. The van der Waals surface area contributed by atoms with Crippen LogP contribution in [0.4, 0.5) is 0 Å². The van der Waals surface area contributed by atoms with Crippen LogP contribution >= 0.6 is 0 Å². The van der Waals surface area contributed by atoms with E-state index in [9.17, 15) is 29.7 Å². The second-order valence-electron chi connectivity index (χ2n) is 10.6. The smallest absolute Gasteiger partial charge is 0.202 e. The van der Waals surface area contributed by atoms with E-state index in [-0.39, 0.29) is 64.7 Å². The van der Waals surface area contributed by atoms with Crippen LogP contribution < -0.4 is 10.1 Å². The maximum absolute atomic E-state index is 13.1. The molecule has 6 rings (SSSR count). The van der Waals surface area contributed by atoms with Gasteiger partial charge in [-0.3, -0.25) is 14.4 Å². The molecular formula is C34H45NO12. The summed E-state index contributed by atoms with van der Waals surface area (Å²) in [6, 6.07) is 4.47. The predicted octanol–water partition coefficient (Wildman–Crippen LogP) is 1.29. The van der Waals surface area contributed by atoms with Crippen molar-refractivity contribution >= 4 is 17.3 Å². The third-order valence-electron chi connectivity index (χ3n) is 8.00. The SMILES string of the molecule is C#C.C1COCCN1.CO.CO[C@H]1CCCCO1.COc1cccc2c1C(=O)c1c(O)c3c(c(O)c1C2=O)C[C@@](O)(C(=O)CO)CC3. The molecule has 2 atom stereocenters. The lowest BCUT2D eigenvalue weighted by atomic mass is 9.73. The first-order chi connectivity index (χ1) is 22.7. The molecule has 2 aromatic carbocycles. The fourth-order valence-electron chi connectivity index (χ4n) is 5.62. The average Bonchev–Trinajstić information content (AvgIpc) is 3.14. The van der Waals surface area contributed by atoms with Crippen molar-refractivity contribution in [1.29, 1.82) is 0 Å². The molecule has 6 N–H and O–H groups in total. The van der Waals surface area contributed by atoms with Gasteiger partial charge in [0, 0.05) is 57.0 Å². The summed E-state index contributed by atoms with van der Waals surface area (Å²) in [5, 5.41) is 51.5. The molecule has 2 aliphatic carbocycles. The zero-order chi connectivity index (χ0) is 35.1. The number of carbonyl (C=O) groups is 3. The van der Waals surface area contributed by atoms with Gasteiger partial charge >= 0.3 is 0 Å². The van der Waals surface area contributed by atoms with Gasteiger partial charge in [-0.05, 0) is 38.2 Å². The zero-order valence-electron chi connectivity index (χ0n) is 27.0. The van der Waals surface area contributed by atoms with Crippen LogP contribution in [0.25, 0.3) is 0 Å². The number of phenols is 2. The molecule has 0 amide bonds. The van der Waals surface area contributed by atoms with E-state index >= 15 is 0 Å². The summed E-state index contributed by atoms with van der Waals surface area (Å²) in [7, 11) is 4.04. The second kappa shape index (κ2) is 19.1. The molecule has 2 fully saturated rings.